The molecule has 1 aromatic heterocycles. The fourth-order valence-corrected chi connectivity index (χ4v) is 2.05. The molecule has 23 heavy (non-hydrogen) atoms. The van der Waals surface area contributed by atoms with Crippen molar-refractivity contribution in [1.82, 2.24) is 9.78 Å². The molecule has 8 heteroatoms. The van der Waals surface area contributed by atoms with Crippen LogP contribution in [0.1, 0.15) is 24.1 Å². The van der Waals surface area contributed by atoms with Gasteiger partial charge in [-0.05, 0) is 42.5 Å². The van der Waals surface area contributed by atoms with Gasteiger partial charge in [0.15, 0.2) is 0 Å². The molecule has 0 saturated heterocycles. The molecule has 0 aliphatic carbocycles. The standard InChI is InChI=1S/C15H15N5O3/c1-11-9-14(20(22)23)18-19(11)8-2-3-15(21)17-13-6-4-12(10-16)5-7-13/h4-7,9H,2-3,8H2,1H3,(H,17,21). The van der Waals surface area contributed by atoms with Gasteiger partial charge in [0, 0.05) is 12.1 Å². The van der Waals surface area contributed by atoms with E-state index in [-0.39, 0.29) is 18.1 Å². The maximum absolute atomic E-state index is 11.8. The summed E-state index contributed by atoms with van der Waals surface area (Å²) < 4.78 is 1.52. The summed E-state index contributed by atoms with van der Waals surface area (Å²) >= 11 is 0. The number of nitriles is 1. The molecule has 0 unspecified atom stereocenters. The highest BCUT2D eigenvalue weighted by Crippen LogP contribution is 2.12. The third kappa shape index (κ3) is 4.38. The van der Waals surface area contributed by atoms with Crippen LogP contribution in [-0.2, 0) is 11.3 Å². The monoisotopic (exact) mass is 313 g/mol. The van der Waals surface area contributed by atoms with Gasteiger partial charge in [-0.1, -0.05) is 0 Å². The van der Waals surface area contributed by atoms with Crippen molar-refractivity contribution in [3.05, 3.63) is 51.7 Å². The number of aryl methyl sites for hydroxylation is 2. The van der Waals surface area contributed by atoms with Crippen LogP contribution < -0.4 is 5.32 Å². The molecular weight excluding hydrogens is 298 g/mol. The zero-order valence-corrected chi connectivity index (χ0v) is 12.5. The molecule has 118 valence electrons. The second-order valence-electron chi connectivity index (χ2n) is 4.97. The van der Waals surface area contributed by atoms with Crippen LogP contribution >= 0.6 is 0 Å². The summed E-state index contributed by atoms with van der Waals surface area (Å²) in [5, 5.41) is 25.9. The number of amides is 1. The van der Waals surface area contributed by atoms with Gasteiger partial charge < -0.3 is 15.4 Å². The molecule has 0 aliphatic heterocycles. The van der Waals surface area contributed by atoms with Gasteiger partial charge in [-0.3, -0.25) is 4.79 Å². The number of nitrogens with zero attached hydrogens (tertiary/aromatic N) is 4. The van der Waals surface area contributed by atoms with Crippen LogP contribution in [0.2, 0.25) is 0 Å². The minimum absolute atomic E-state index is 0.158. The third-order valence-electron chi connectivity index (χ3n) is 3.23. The number of nitrogens with one attached hydrogen (secondary N) is 1. The summed E-state index contributed by atoms with van der Waals surface area (Å²) in [6.07, 6.45) is 0.787. The maximum atomic E-state index is 11.8. The van der Waals surface area contributed by atoms with Crippen molar-refractivity contribution in [3.63, 3.8) is 0 Å². The quantitative estimate of drug-likeness (QED) is 0.649. The van der Waals surface area contributed by atoms with Gasteiger partial charge in [-0.15, -0.1) is 0 Å². The lowest BCUT2D eigenvalue weighted by Gasteiger charge is -2.05. The minimum atomic E-state index is -0.541. The van der Waals surface area contributed by atoms with E-state index in [1.54, 1.807) is 31.2 Å². The highest BCUT2D eigenvalue weighted by molar-refractivity contribution is 5.90. The van der Waals surface area contributed by atoms with E-state index in [9.17, 15) is 14.9 Å². The molecule has 0 spiro atoms. The van der Waals surface area contributed by atoms with Gasteiger partial charge in [0.25, 0.3) is 0 Å². The average Bonchev–Trinajstić information content (AvgIpc) is 2.89. The van der Waals surface area contributed by atoms with Crippen molar-refractivity contribution in [2.45, 2.75) is 26.3 Å². The Balaban J connectivity index is 1.82. The number of carbonyl (C=O) groups excluding carboxylic acids is 1. The highest BCUT2D eigenvalue weighted by Gasteiger charge is 2.15. The molecule has 1 heterocycles. The first kappa shape index (κ1) is 16.2. The van der Waals surface area contributed by atoms with E-state index >= 15 is 0 Å². The van der Waals surface area contributed by atoms with Crippen LogP contribution in [0.4, 0.5) is 11.5 Å². The van der Waals surface area contributed by atoms with Crippen molar-refractivity contribution in [3.8, 4) is 6.07 Å². The Bertz CT molecular complexity index is 758. The van der Waals surface area contributed by atoms with E-state index in [0.29, 0.717) is 29.9 Å². The van der Waals surface area contributed by atoms with Crippen LogP contribution in [-0.4, -0.2) is 20.6 Å². The van der Waals surface area contributed by atoms with Crippen molar-refractivity contribution in [2.75, 3.05) is 5.32 Å². The maximum Gasteiger partial charge on any atom is 0.390 e. The second kappa shape index (κ2) is 7.17. The first-order valence-electron chi connectivity index (χ1n) is 6.98. The molecule has 1 aromatic carbocycles. The Morgan fingerprint density at radius 1 is 1.43 bits per heavy atom. The topological polar surface area (TPSA) is 114 Å². The fraction of sp³-hybridized carbons (Fsp3) is 0.267. The molecule has 2 aromatic rings. The van der Waals surface area contributed by atoms with Gasteiger partial charge in [0.05, 0.1) is 35.0 Å². The van der Waals surface area contributed by atoms with Crippen molar-refractivity contribution in [1.29, 1.82) is 5.26 Å². The summed E-state index contributed by atoms with van der Waals surface area (Å²) in [6, 6.07) is 9.99. The molecule has 0 bridgehead atoms. The molecule has 8 nitrogen and oxygen atoms in total. The number of anilines is 1. The van der Waals surface area contributed by atoms with E-state index in [1.807, 2.05) is 6.07 Å². The van der Waals surface area contributed by atoms with Crippen molar-refractivity contribution < 1.29 is 9.72 Å². The van der Waals surface area contributed by atoms with Gasteiger partial charge >= 0.3 is 5.82 Å². The average molecular weight is 313 g/mol. The van der Waals surface area contributed by atoms with Gasteiger partial charge in [-0.25, -0.2) is 0 Å². The van der Waals surface area contributed by atoms with E-state index < -0.39 is 4.92 Å². The Morgan fingerprint density at radius 3 is 2.70 bits per heavy atom. The molecule has 1 N–H and O–H groups in total. The lowest BCUT2D eigenvalue weighted by molar-refractivity contribution is -0.389. The zero-order chi connectivity index (χ0) is 16.8. The van der Waals surface area contributed by atoms with Crippen molar-refractivity contribution >= 4 is 17.4 Å². The van der Waals surface area contributed by atoms with Crippen molar-refractivity contribution in [2.24, 2.45) is 0 Å². The number of nitro groups is 1. The molecule has 2 rings (SSSR count). The lowest BCUT2D eigenvalue weighted by atomic mass is 10.2. The Labute approximate surface area is 132 Å². The number of aromatic nitrogens is 2. The van der Waals surface area contributed by atoms with Crippen LogP contribution in [0.5, 0.6) is 0 Å². The van der Waals surface area contributed by atoms with E-state index in [1.165, 1.54) is 10.7 Å². The second-order valence-corrected chi connectivity index (χ2v) is 4.97. The summed E-state index contributed by atoms with van der Waals surface area (Å²) in [5.41, 5.74) is 1.84. The van der Waals surface area contributed by atoms with E-state index in [4.69, 9.17) is 5.26 Å². The zero-order valence-electron chi connectivity index (χ0n) is 12.5. The summed E-state index contributed by atoms with van der Waals surface area (Å²) in [4.78, 5) is 21.9. The van der Waals surface area contributed by atoms with Crippen LogP contribution in [0.15, 0.2) is 30.3 Å². The number of rotatable bonds is 6. The number of hydrogen-bond donors (Lipinski definition) is 1. The Hall–Kier alpha value is -3.21. The lowest BCUT2D eigenvalue weighted by Crippen LogP contribution is -2.13. The molecule has 1 amide bonds. The SMILES string of the molecule is Cc1cc([N+](=O)[O-])nn1CCCC(=O)Nc1ccc(C#N)cc1. The van der Waals surface area contributed by atoms with Gasteiger partial charge in [-0.2, -0.15) is 9.94 Å². The van der Waals surface area contributed by atoms with Crippen LogP contribution in [0.25, 0.3) is 0 Å². The molecular formula is C15H15N5O3. The van der Waals surface area contributed by atoms with E-state index in [0.717, 1.165) is 0 Å². The number of carbonyl (C=O) groups is 1. The Morgan fingerprint density at radius 2 is 2.13 bits per heavy atom. The van der Waals surface area contributed by atoms with Crippen LogP contribution in [0.3, 0.4) is 0 Å². The smallest absolute Gasteiger partial charge is 0.358 e. The van der Waals surface area contributed by atoms with E-state index in [2.05, 4.69) is 10.4 Å². The summed E-state index contributed by atoms with van der Waals surface area (Å²) in [7, 11) is 0. The predicted octanol–water partition coefficient (Wildman–Crippen LogP) is 2.39. The van der Waals surface area contributed by atoms with Crippen LogP contribution in [0, 0.1) is 28.4 Å². The van der Waals surface area contributed by atoms with Gasteiger partial charge in [0.2, 0.25) is 5.91 Å². The first-order chi connectivity index (χ1) is 11.0. The largest absolute Gasteiger partial charge is 0.390 e. The molecule has 0 fully saturated rings. The fourth-order valence-electron chi connectivity index (χ4n) is 2.05. The molecule has 0 aliphatic rings. The first-order valence-corrected chi connectivity index (χ1v) is 6.98. The number of hydrogen-bond acceptors (Lipinski definition) is 5. The molecule has 0 radical (unpaired) electrons. The molecule has 0 saturated carbocycles. The number of benzene rings is 1. The normalized spacial score (nSPS) is 10.1. The third-order valence-corrected chi connectivity index (χ3v) is 3.23. The highest BCUT2D eigenvalue weighted by atomic mass is 16.6. The summed E-state index contributed by atoms with van der Waals surface area (Å²) in [6.45, 7) is 2.16. The molecule has 0 atom stereocenters. The van der Waals surface area contributed by atoms with Gasteiger partial charge in [0.1, 0.15) is 0 Å². The predicted molar refractivity (Wildman–Crippen MR) is 82.6 cm³/mol. The minimum Gasteiger partial charge on any atom is -0.358 e. The summed E-state index contributed by atoms with van der Waals surface area (Å²) in [5.74, 6) is -0.349. The Kier molecular flexibility index (Phi) is 5.04.